The van der Waals surface area contributed by atoms with Crippen molar-refractivity contribution in [1.29, 1.82) is 0 Å². The van der Waals surface area contributed by atoms with Crippen LogP contribution in [0.5, 0.6) is 0 Å². The first kappa shape index (κ1) is 20.8. The Labute approximate surface area is 172 Å². The van der Waals surface area contributed by atoms with Gasteiger partial charge in [0.15, 0.2) is 0 Å². The summed E-state index contributed by atoms with van der Waals surface area (Å²) < 4.78 is 0. The summed E-state index contributed by atoms with van der Waals surface area (Å²) in [7, 11) is 0. The van der Waals surface area contributed by atoms with Gasteiger partial charge in [-0.3, -0.25) is 9.59 Å². The van der Waals surface area contributed by atoms with Crippen LogP contribution in [0.3, 0.4) is 0 Å². The molecule has 154 valence electrons. The third-order valence-electron chi connectivity index (χ3n) is 5.40. The molecule has 1 aromatic heterocycles. The van der Waals surface area contributed by atoms with E-state index in [1.165, 1.54) is 6.42 Å². The summed E-state index contributed by atoms with van der Waals surface area (Å²) in [6.07, 6.45) is 5.80. The van der Waals surface area contributed by atoms with Crippen LogP contribution < -0.4 is 10.6 Å². The molecule has 1 unspecified atom stereocenters. The molecule has 0 aliphatic carbocycles. The number of likely N-dealkylation sites (tertiary alicyclic amines) is 1. The van der Waals surface area contributed by atoms with Gasteiger partial charge < -0.3 is 15.5 Å². The van der Waals surface area contributed by atoms with Gasteiger partial charge >= 0.3 is 0 Å². The lowest BCUT2D eigenvalue weighted by Gasteiger charge is -2.27. The minimum Gasteiger partial charge on any atom is -0.365 e. The summed E-state index contributed by atoms with van der Waals surface area (Å²) in [5, 5.41) is 6.25. The first-order valence-electron chi connectivity index (χ1n) is 10.5. The van der Waals surface area contributed by atoms with Crippen molar-refractivity contribution < 1.29 is 9.59 Å². The number of nitrogens with one attached hydrogen (secondary N) is 2. The predicted molar refractivity (Wildman–Crippen MR) is 116 cm³/mol. The molecule has 1 saturated heterocycles. The van der Waals surface area contributed by atoms with Crippen LogP contribution in [0.2, 0.25) is 0 Å². The Hall–Kier alpha value is -2.89. The normalized spacial score (nSPS) is 14.9. The second-order valence-electron chi connectivity index (χ2n) is 7.60. The lowest BCUT2D eigenvalue weighted by molar-refractivity contribution is -0.119. The van der Waals surface area contributed by atoms with Crippen LogP contribution >= 0.6 is 0 Å². The van der Waals surface area contributed by atoms with Crippen LogP contribution in [0.15, 0.2) is 42.6 Å². The van der Waals surface area contributed by atoms with Crippen molar-refractivity contribution in [3.8, 4) is 0 Å². The van der Waals surface area contributed by atoms with E-state index in [-0.39, 0.29) is 17.7 Å². The zero-order chi connectivity index (χ0) is 20.6. The van der Waals surface area contributed by atoms with Crippen molar-refractivity contribution >= 4 is 23.3 Å². The average Bonchev–Trinajstić information content (AvgIpc) is 2.77. The van der Waals surface area contributed by atoms with Gasteiger partial charge in [-0.1, -0.05) is 26.0 Å². The maximum absolute atomic E-state index is 12.9. The van der Waals surface area contributed by atoms with E-state index >= 15 is 0 Å². The van der Waals surface area contributed by atoms with Gasteiger partial charge in [-0.2, -0.15) is 0 Å². The van der Waals surface area contributed by atoms with E-state index in [1.54, 1.807) is 12.3 Å². The highest BCUT2D eigenvalue weighted by Crippen LogP contribution is 2.19. The zero-order valence-corrected chi connectivity index (χ0v) is 17.3. The number of carbonyl (C=O) groups is 2. The Morgan fingerprint density at radius 2 is 1.93 bits per heavy atom. The van der Waals surface area contributed by atoms with Crippen molar-refractivity contribution in [2.45, 2.75) is 46.1 Å². The molecule has 0 bridgehead atoms. The first-order chi connectivity index (χ1) is 14.1. The molecule has 0 saturated carbocycles. The van der Waals surface area contributed by atoms with Gasteiger partial charge in [0.1, 0.15) is 5.82 Å². The van der Waals surface area contributed by atoms with Gasteiger partial charge in [0.25, 0.3) is 5.91 Å². The SMILES string of the molecule is CCC(C)C(=O)Nc1cccc(CNc2ncccc2C(=O)N2CCCCC2)c1. The first-order valence-corrected chi connectivity index (χ1v) is 10.5. The molecule has 2 amide bonds. The number of rotatable bonds is 7. The van der Waals surface area contributed by atoms with Crippen molar-refractivity contribution in [3.63, 3.8) is 0 Å². The molecule has 0 spiro atoms. The van der Waals surface area contributed by atoms with Crippen LogP contribution in [-0.4, -0.2) is 34.8 Å². The summed E-state index contributed by atoms with van der Waals surface area (Å²) in [4.78, 5) is 31.3. The fourth-order valence-electron chi connectivity index (χ4n) is 3.38. The molecule has 3 rings (SSSR count). The molecule has 6 nitrogen and oxygen atoms in total. The quantitative estimate of drug-likeness (QED) is 0.734. The monoisotopic (exact) mass is 394 g/mol. The van der Waals surface area contributed by atoms with Crippen LogP contribution in [-0.2, 0) is 11.3 Å². The number of hydrogen-bond donors (Lipinski definition) is 2. The standard InChI is InChI=1S/C23H30N4O2/c1-3-17(2)22(28)26-19-10-7-9-18(15-19)16-25-21-20(11-8-12-24-21)23(29)27-13-5-4-6-14-27/h7-12,15,17H,3-6,13-14,16H2,1-2H3,(H,24,25)(H,26,28). The van der Waals surface area contributed by atoms with Crippen LogP contribution in [0.25, 0.3) is 0 Å². The average molecular weight is 395 g/mol. The number of aromatic nitrogens is 1. The Bertz CT molecular complexity index is 846. The summed E-state index contributed by atoms with van der Waals surface area (Å²) in [5.41, 5.74) is 2.39. The topological polar surface area (TPSA) is 74.3 Å². The largest absolute Gasteiger partial charge is 0.365 e. The highest BCUT2D eigenvalue weighted by Gasteiger charge is 2.21. The summed E-state index contributed by atoms with van der Waals surface area (Å²) >= 11 is 0. The van der Waals surface area contributed by atoms with Crippen LogP contribution in [0.4, 0.5) is 11.5 Å². The predicted octanol–water partition coefficient (Wildman–Crippen LogP) is 4.30. The van der Waals surface area contributed by atoms with Gasteiger partial charge in [-0.15, -0.1) is 0 Å². The molecule has 29 heavy (non-hydrogen) atoms. The van der Waals surface area contributed by atoms with E-state index in [0.717, 1.165) is 43.6 Å². The molecular weight excluding hydrogens is 364 g/mol. The molecule has 6 heteroatoms. The van der Waals surface area contributed by atoms with E-state index in [9.17, 15) is 9.59 Å². The van der Waals surface area contributed by atoms with E-state index in [1.807, 2.05) is 49.1 Å². The smallest absolute Gasteiger partial charge is 0.257 e. The Balaban J connectivity index is 1.67. The number of anilines is 2. The molecule has 1 aromatic carbocycles. The molecule has 2 heterocycles. The molecule has 1 aliphatic rings. The van der Waals surface area contributed by atoms with Gasteiger partial charge in [0.05, 0.1) is 5.56 Å². The maximum Gasteiger partial charge on any atom is 0.257 e. The minimum absolute atomic E-state index is 0.0198. The molecule has 2 aromatic rings. The van der Waals surface area contributed by atoms with Crippen molar-refractivity contribution in [3.05, 3.63) is 53.7 Å². The van der Waals surface area contributed by atoms with Crippen LogP contribution in [0.1, 0.15) is 55.5 Å². The fourth-order valence-corrected chi connectivity index (χ4v) is 3.38. The number of piperidine rings is 1. The van der Waals surface area contributed by atoms with Gasteiger partial charge in [-0.25, -0.2) is 4.98 Å². The van der Waals surface area contributed by atoms with Gasteiger partial charge in [0.2, 0.25) is 5.91 Å². The maximum atomic E-state index is 12.9. The second kappa shape index (κ2) is 10.0. The van der Waals surface area contributed by atoms with Gasteiger partial charge in [0, 0.05) is 37.4 Å². The Kier molecular flexibility index (Phi) is 7.22. The number of hydrogen-bond acceptors (Lipinski definition) is 4. The molecule has 1 aliphatic heterocycles. The lowest BCUT2D eigenvalue weighted by Crippen LogP contribution is -2.36. The minimum atomic E-state index is -0.0198. The van der Waals surface area contributed by atoms with Crippen molar-refractivity contribution in [2.24, 2.45) is 5.92 Å². The van der Waals surface area contributed by atoms with Crippen molar-refractivity contribution in [1.82, 2.24) is 9.88 Å². The molecular formula is C23H30N4O2. The highest BCUT2D eigenvalue weighted by molar-refractivity contribution is 5.98. The molecule has 1 atom stereocenters. The number of nitrogens with zero attached hydrogens (tertiary/aromatic N) is 2. The summed E-state index contributed by atoms with van der Waals surface area (Å²) in [6.45, 7) is 6.06. The molecule has 2 N–H and O–H groups in total. The number of amides is 2. The van der Waals surface area contributed by atoms with Gasteiger partial charge in [-0.05, 0) is 55.5 Å². The zero-order valence-electron chi connectivity index (χ0n) is 17.3. The number of benzene rings is 1. The van der Waals surface area contributed by atoms with Crippen LogP contribution in [0, 0.1) is 5.92 Å². The summed E-state index contributed by atoms with van der Waals surface area (Å²) in [6, 6.07) is 11.4. The third-order valence-corrected chi connectivity index (χ3v) is 5.40. The third kappa shape index (κ3) is 5.56. The number of pyridine rings is 1. The number of carbonyl (C=O) groups excluding carboxylic acids is 2. The lowest BCUT2D eigenvalue weighted by atomic mass is 10.1. The Morgan fingerprint density at radius 1 is 1.14 bits per heavy atom. The Morgan fingerprint density at radius 3 is 2.69 bits per heavy atom. The van der Waals surface area contributed by atoms with E-state index in [4.69, 9.17) is 0 Å². The van der Waals surface area contributed by atoms with E-state index < -0.39 is 0 Å². The highest BCUT2D eigenvalue weighted by atomic mass is 16.2. The molecule has 1 fully saturated rings. The second-order valence-corrected chi connectivity index (χ2v) is 7.60. The fraction of sp³-hybridized carbons (Fsp3) is 0.435. The van der Waals surface area contributed by atoms with E-state index in [2.05, 4.69) is 15.6 Å². The summed E-state index contributed by atoms with van der Waals surface area (Å²) in [5.74, 6) is 0.636. The van der Waals surface area contributed by atoms with Crippen molar-refractivity contribution in [2.75, 3.05) is 23.7 Å². The van der Waals surface area contributed by atoms with E-state index in [0.29, 0.717) is 17.9 Å². The molecule has 0 radical (unpaired) electrons.